The van der Waals surface area contributed by atoms with E-state index in [-0.39, 0.29) is 18.3 Å². The Kier molecular flexibility index (Phi) is 3.60. The van der Waals surface area contributed by atoms with Crippen molar-refractivity contribution in [3.63, 3.8) is 0 Å². The number of benzene rings is 2. The predicted octanol–water partition coefficient (Wildman–Crippen LogP) is 3.30. The number of carbonyl (C=O) groups is 1. The molecule has 0 saturated carbocycles. The van der Waals surface area contributed by atoms with Gasteiger partial charge in [0.25, 0.3) is 5.91 Å². The topological polar surface area (TPSA) is 42.0 Å². The van der Waals surface area contributed by atoms with Crippen LogP contribution >= 0.6 is 0 Å². The first-order valence-corrected chi connectivity index (χ1v) is 6.60. The normalized spacial score (nSPS) is 10.5. The van der Waals surface area contributed by atoms with Gasteiger partial charge in [0.2, 0.25) is 0 Å². The van der Waals surface area contributed by atoms with Crippen molar-refractivity contribution >= 4 is 16.8 Å². The third-order valence-electron chi connectivity index (χ3n) is 3.22. The number of rotatable bonds is 3. The van der Waals surface area contributed by atoms with Gasteiger partial charge in [0, 0.05) is 18.1 Å². The molecular weight excluding hydrogens is 267 g/mol. The minimum absolute atomic E-state index is 0.219. The SMILES string of the molecule is O=C(NCc1cccc(F)c1)c1cccc2cccnc12. The number of fused-ring (bicyclic) bond motifs is 1. The van der Waals surface area contributed by atoms with Crippen LogP contribution in [0.5, 0.6) is 0 Å². The van der Waals surface area contributed by atoms with E-state index < -0.39 is 0 Å². The first-order valence-electron chi connectivity index (χ1n) is 6.60. The molecule has 1 heterocycles. The number of halogens is 1. The third kappa shape index (κ3) is 2.89. The summed E-state index contributed by atoms with van der Waals surface area (Å²) < 4.78 is 13.1. The Balaban J connectivity index is 1.81. The van der Waals surface area contributed by atoms with E-state index >= 15 is 0 Å². The van der Waals surface area contributed by atoms with E-state index in [1.807, 2.05) is 24.3 Å². The molecule has 21 heavy (non-hydrogen) atoms. The van der Waals surface area contributed by atoms with Gasteiger partial charge < -0.3 is 5.32 Å². The van der Waals surface area contributed by atoms with Gasteiger partial charge in [-0.15, -0.1) is 0 Å². The van der Waals surface area contributed by atoms with Crippen molar-refractivity contribution < 1.29 is 9.18 Å². The molecule has 0 saturated heterocycles. The molecule has 0 bridgehead atoms. The number of nitrogens with one attached hydrogen (secondary N) is 1. The lowest BCUT2D eigenvalue weighted by atomic mass is 10.1. The van der Waals surface area contributed by atoms with E-state index in [9.17, 15) is 9.18 Å². The van der Waals surface area contributed by atoms with Crippen molar-refractivity contribution in [1.29, 1.82) is 0 Å². The molecule has 1 amide bonds. The van der Waals surface area contributed by atoms with Crippen LogP contribution in [0, 0.1) is 5.82 Å². The molecule has 3 rings (SSSR count). The van der Waals surface area contributed by atoms with E-state index in [0.717, 1.165) is 10.9 Å². The number of amides is 1. The summed E-state index contributed by atoms with van der Waals surface area (Å²) in [4.78, 5) is 16.5. The summed E-state index contributed by atoms with van der Waals surface area (Å²) in [6, 6.07) is 15.4. The van der Waals surface area contributed by atoms with E-state index in [4.69, 9.17) is 0 Å². The summed E-state index contributed by atoms with van der Waals surface area (Å²) in [7, 11) is 0. The van der Waals surface area contributed by atoms with Crippen molar-refractivity contribution in [1.82, 2.24) is 10.3 Å². The van der Waals surface area contributed by atoms with Crippen LogP contribution in [0.4, 0.5) is 4.39 Å². The Morgan fingerprint density at radius 3 is 2.76 bits per heavy atom. The fraction of sp³-hybridized carbons (Fsp3) is 0.0588. The van der Waals surface area contributed by atoms with Gasteiger partial charge in [-0.05, 0) is 29.8 Å². The number of carbonyl (C=O) groups excluding carboxylic acids is 1. The highest BCUT2D eigenvalue weighted by Crippen LogP contribution is 2.16. The quantitative estimate of drug-likeness (QED) is 0.799. The van der Waals surface area contributed by atoms with Gasteiger partial charge in [-0.1, -0.05) is 30.3 Å². The van der Waals surface area contributed by atoms with Crippen LogP contribution in [0.1, 0.15) is 15.9 Å². The molecule has 0 aliphatic rings. The zero-order chi connectivity index (χ0) is 14.7. The molecule has 0 fully saturated rings. The van der Waals surface area contributed by atoms with Crippen LogP contribution in [-0.2, 0) is 6.54 Å². The lowest BCUT2D eigenvalue weighted by Gasteiger charge is -2.07. The molecule has 0 unspecified atom stereocenters. The van der Waals surface area contributed by atoms with Crippen LogP contribution in [0.3, 0.4) is 0 Å². The molecule has 0 aliphatic heterocycles. The Hall–Kier alpha value is -2.75. The molecule has 4 heteroatoms. The minimum atomic E-state index is -0.312. The summed E-state index contributed by atoms with van der Waals surface area (Å²) in [5.41, 5.74) is 1.90. The van der Waals surface area contributed by atoms with E-state index in [2.05, 4.69) is 10.3 Å². The highest BCUT2D eigenvalue weighted by atomic mass is 19.1. The van der Waals surface area contributed by atoms with E-state index in [1.54, 1.807) is 24.4 Å². The number of nitrogens with zero attached hydrogens (tertiary/aromatic N) is 1. The highest BCUT2D eigenvalue weighted by Gasteiger charge is 2.10. The average molecular weight is 280 g/mol. The molecule has 0 atom stereocenters. The molecule has 2 aromatic carbocycles. The predicted molar refractivity (Wildman–Crippen MR) is 79.3 cm³/mol. The number of aromatic nitrogens is 1. The molecule has 1 aromatic heterocycles. The van der Waals surface area contributed by atoms with Gasteiger partial charge in [-0.2, -0.15) is 0 Å². The van der Waals surface area contributed by atoms with Gasteiger partial charge in [0.1, 0.15) is 5.82 Å². The maximum absolute atomic E-state index is 13.1. The van der Waals surface area contributed by atoms with Crippen molar-refractivity contribution in [2.24, 2.45) is 0 Å². The summed E-state index contributed by atoms with van der Waals surface area (Å²) in [6.45, 7) is 0.278. The van der Waals surface area contributed by atoms with Crippen molar-refractivity contribution in [3.8, 4) is 0 Å². The Morgan fingerprint density at radius 1 is 1.10 bits per heavy atom. The average Bonchev–Trinajstić information content (AvgIpc) is 2.52. The molecule has 3 aromatic rings. The third-order valence-corrected chi connectivity index (χ3v) is 3.22. The number of hydrogen-bond acceptors (Lipinski definition) is 2. The molecule has 104 valence electrons. The Morgan fingerprint density at radius 2 is 1.90 bits per heavy atom. The summed E-state index contributed by atoms with van der Waals surface area (Å²) >= 11 is 0. The van der Waals surface area contributed by atoms with Crippen LogP contribution in [0.25, 0.3) is 10.9 Å². The van der Waals surface area contributed by atoms with Crippen molar-refractivity contribution in [2.45, 2.75) is 6.54 Å². The monoisotopic (exact) mass is 280 g/mol. The smallest absolute Gasteiger partial charge is 0.253 e. The van der Waals surface area contributed by atoms with Crippen LogP contribution in [-0.4, -0.2) is 10.9 Å². The minimum Gasteiger partial charge on any atom is -0.348 e. The number of pyridine rings is 1. The molecule has 3 nitrogen and oxygen atoms in total. The summed E-state index contributed by atoms with van der Waals surface area (Å²) in [5, 5.41) is 3.70. The van der Waals surface area contributed by atoms with Gasteiger partial charge in [-0.25, -0.2) is 4.39 Å². The maximum atomic E-state index is 13.1. The van der Waals surface area contributed by atoms with Gasteiger partial charge in [0.05, 0.1) is 11.1 Å². The second kappa shape index (κ2) is 5.71. The fourth-order valence-electron chi connectivity index (χ4n) is 2.21. The second-order valence-electron chi connectivity index (χ2n) is 4.69. The van der Waals surface area contributed by atoms with Crippen molar-refractivity contribution in [3.05, 3.63) is 77.7 Å². The van der Waals surface area contributed by atoms with Crippen LogP contribution in [0.2, 0.25) is 0 Å². The van der Waals surface area contributed by atoms with Crippen LogP contribution in [0.15, 0.2) is 60.8 Å². The molecular formula is C17H13FN2O. The lowest BCUT2D eigenvalue weighted by Crippen LogP contribution is -2.23. The number of hydrogen-bond donors (Lipinski definition) is 1. The van der Waals surface area contributed by atoms with E-state index in [1.165, 1.54) is 12.1 Å². The summed E-state index contributed by atoms with van der Waals surface area (Å²) in [5.74, 6) is -0.530. The number of para-hydroxylation sites is 1. The van der Waals surface area contributed by atoms with Gasteiger partial charge in [-0.3, -0.25) is 9.78 Å². The Labute approximate surface area is 121 Å². The highest BCUT2D eigenvalue weighted by molar-refractivity contribution is 6.05. The standard InChI is InChI=1S/C17H13FN2O/c18-14-7-1-4-12(10-14)11-20-17(21)15-8-2-5-13-6-3-9-19-16(13)15/h1-10H,11H2,(H,20,21). The van der Waals surface area contributed by atoms with Gasteiger partial charge in [0.15, 0.2) is 0 Å². The van der Waals surface area contributed by atoms with Crippen LogP contribution < -0.4 is 5.32 Å². The summed E-state index contributed by atoms with van der Waals surface area (Å²) in [6.07, 6.45) is 1.66. The first-order chi connectivity index (χ1) is 10.2. The zero-order valence-electron chi connectivity index (χ0n) is 11.2. The molecule has 0 aliphatic carbocycles. The Bertz CT molecular complexity index is 796. The fourth-order valence-corrected chi connectivity index (χ4v) is 2.21. The molecule has 1 N–H and O–H groups in total. The zero-order valence-corrected chi connectivity index (χ0v) is 11.2. The van der Waals surface area contributed by atoms with E-state index in [0.29, 0.717) is 11.1 Å². The van der Waals surface area contributed by atoms with Crippen molar-refractivity contribution in [2.75, 3.05) is 0 Å². The lowest BCUT2D eigenvalue weighted by molar-refractivity contribution is 0.0952. The molecule has 0 spiro atoms. The molecule has 0 radical (unpaired) electrons. The maximum Gasteiger partial charge on any atom is 0.253 e. The van der Waals surface area contributed by atoms with Gasteiger partial charge >= 0.3 is 0 Å². The second-order valence-corrected chi connectivity index (χ2v) is 4.69. The largest absolute Gasteiger partial charge is 0.348 e. The first kappa shape index (κ1) is 13.2.